The second kappa shape index (κ2) is 4.73. The molecule has 0 aliphatic carbocycles. The lowest BCUT2D eigenvalue weighted by Gasteiger charge is -2.28. The van der Waals surface area contributed by atoms with Gasteiger partial charge in [0.25, 0.3) is 0 Å². The fourth-order valence-corrected chi connectivity index (χ4v) is 0.848. The van der Waals surface area contributed by atoms with Gasteiger partial charge in [-0.25, -0.2) is 0 Å². The quantitative estimate of drug-likeness (QED) is 0.584. The van der Waals surface area contributed by atoms with E-state index in [4.69, 9.17) is 4.84 Å². The van der Waals surface area contributed by atoms with E-state index in [0.29, 0.717) is 12.0 Å². The molecule has 0 aliphatic rings. The van der Waals surface area contributed by atoms with Gasteiger partial charge >= 0.3 is 0 Å². The Morgan fingerprint density at radius 1 is 1.00 bits per heavy atom. The Morgan fingerprint density at radius 2 is 1.45 bits per heavy atom. The van der Waals surface area contributed by atoms with Crippen molar-refractivity contribution in [3.63, 3.8) is 0 Å². The fraction of sp³-hybridized carbons (Fsp3) is 1.00. The smallest absolute Gasteiger partial charge is 0.0737 e. The minimum atomic E-state index is 0.279. The molecule has 0 N–H and O–H groups in total. The first kappa shape index (κ1) is 10.9. The Morgan fingerprint density at radius 3 is 1.73 bits per heavy atom. The molecule has 1 atom stereocenters. The van der Waals surface area contributed by atoms with Gasteiger partial charge in [-0.15, -0.1) is 0 Å². The van der Waals surface area contributed by atoms with Crippen LogP contribution >= 0.6 is 0 Å². The summed E-state index contributed by atoms with van der Waals surface area (Å²) in [6.07, 6.45) is 0.279. The summed E-state index contributed by atoms with van der Waals surface area (Å²) in [4.78, 5) is 5.51. The third-order valence-electron chi connectivity index (χ3n) is 1.92. The Hall–Kier alpha value is -0.0800. The minimum Gasteiger partial charge on any atom is -0.296 e. The Bertz CT molecular complexity index is 102. The van der Waals surface area contributed by atoms with Gasteiger partial charge < -0.3 is 0 Å². The van der Waals surface area contributed by atoms with E-state index in [2.05, 4.69) is 20.8 Å². The molecule has 2 heteroatoms. The van der Waals surface area contributed by atoms with Crippen LogP contribution in [0.3, 0.4) is 0 Å². The van der Waals surface area contributed by atoms with E-state index in [1.54, 1.807) is 0 Å². The molecule has 0 saturated heterocycles. The lowest BCUT2D eigenvalue weighted by molar-refractivity contribution is -0.198. The molecular formula is C9H21NO. The molecule has 0 saturated carbocycles. The van der Waals surface area contributed by atoms with Gasteiger partial charge in [-0.2, -0.15) is 5.06 Å². The summed E-state index contributed by atoms with van der Waals surface area (Å²) in [7, 11) is 1.99. The second-order valence-electron chi connectivity index (χ2n) is 3.68. The van der Waals surface area contributed by atoms with E-state index in [1.165, 1.54) is 0 Å². The highest BCUT2D eigenvalue weighted by molar-refractivity contribution is 4.60. The standard InChI is InChI=1S/C9H21NO/c1-7(2)9(5)10(6)11-8(3)4/h7-9H,1-6H3. The van der Waals surface area contributed by atoms with Crippen molar-refractivity contribution >= 4 is 0 Å². The van der Waals surface area contributed by atoms with Crippen molar-refractivity contribution in [1.29, 1.82) is 0 Å². The van der Waals surface area contributed by atoms with E-state index < -0.39 is 0 Å². The summed E-state index contributed by atoms with van der Waals surface area (Å²) >= 11 is 0. The molecule has 11 heavy (non-hydrogen) atoms. The maximum Gasteiger partial charge on any atom is 0.0737 e. The number of hydroxylamine groups is 2. The van der Waals surface area contributed by atoms with E-state index >= 15 is 0 Å². The fourth-order valence-electron chi connectivity index (χ4n) is 0.848. The zero-order chi connectivity index (χ0) is 9.02. The topological polar surface area (TPSA) is 12.5 Å². The van der Waals surface area contributed by atoms with Crippen molar-refractivity contribution in [2.24, 2.45) is 5.92 Å². The molecule has 0 fully saturated rings. The van der Waals surface area contributed by atoms with Gasteiger partial charge in [-0.05, 0) is 26.7 Å². The van der Waals surface area contributed by atoms with Crippen LogP contribution in [-0.2, 0) is 4.84 Å². The first-order valence-corrected chi connectivity index (χ1v) is 4.34. The predicted octanol–water partition coefficient (Wildman–Crippen LogP) is 2.30. The lowest BCUT2D eigenvalue weighted by Crippen LogP contribution is -2.35. The average molecular weight is 159 g/mol. The maximum absolute atomic E-state index is 5.51. The summed E-state index contributed by atoms with van der Waals surface area (Å²) in [5.41, 5.74) is 0. The molecule has 0 aromatic carbocycles. The van der Waals surface area contributed by atoms with E-state index in [9.17, 15) is 0 Å². The SMILES string of the molecule is CC(C)ON(C)C(C)C(C)C. The zero-order valence-corrected chi connectivity index (χ0v) is 8.59. The van der Waals surface area contributed by atoms with Gasteiger partial charge in [0, 0.05) is 13.1 Å². The van der Waals surface area contributed by atoms with Crippen molar-refractivity contribution in [2.45, 2.75) is 46.8 Å². The van der Waals surface area contributed by atoms with Crippen LogP contribution in [0.25, 0.3) is 0 Å². The third-order valence-corrected chi connectivity index (χ3v) is 1.92. The van der Waals surface area contributed by atoms with Crippen molar-refractivity contribution in [2.75, 3.05) is 7.05 Å². The summed E-state index contributed by atoms with van der Waals surface area (Å²) in [6, 6.07) is 0.484. The second-order valence-corrected chi connectivity index (χ2v) is 3.68. The normalized spacial score (nSPS) is 15.0. The maximum atomic E-state index is 5.51. The molecule has 0 aromatic heterocycles. The third kappa shape index (κ3) is 4.38. The summed E-state index contributed by atoms with van der Waals surface area (Å²) < 4.78 is 0. The number of nitrogens with zero attached hydrogens (tertiary/aromatic N) is 1. The number of hydrogen-bond acceptors (Lipinski definition) is 2. The molecule has 0 heterocycles. The first-order valence-electron chi connectivity index (χ1n) is 4.34. The average Bonchev–Trinajstić information content (AvgIpc) is 1.84. The number of hydrogen-bond donors (Lipinski definition) is 0. The Labute approximate surface area is 70.5 Å². The van der Waals surface area contributed by atoms with Gasteiger partial charge in [0.1, 0.15) is 0 Å². The highest BCUT2D eigenvalue weighted by Crippen LogP contribution is 2.09. The first-order chi connectivity index (χ1) is 4.95. The highest BCUT2D eigenvalue weighted by atomic mass is 16.7. The Balaban J connectivity index is 3.73. The molecule has 0 aromatic rings. The lowest BCUT2D eigenvalue weighted by atomic mass is 10.1. The van der Waals surface area contributed by atoms with E-state index in [1.807, 2.05) is 26.0 Å². The van der Waals surface area contributed by atoms with Gasteiger partial charge in [0.05, 0.1) is 6.10 Å². The van der Waals surface area contributed by atoms with Crippen LogP contribution in [0, 0.1) is 5.92 Å². The van der Waals surface area contributed by atoms with Gasteiger partial charge in [0.2, 0.25) is 0 Å². The highest BCUT2D eigenvalue weighted by Gasteiger charge is 2.14. The molecule has 0 aliphatic heterocycles. The predicted molar refractivity (Wildman–Crippen MR) is 48.3 cm³/mol. The van der Waals surface area contributed by atoms with Crippen LogP contribution in [0.5, 0.6) is 0 Å². The largest absolute Gasteiger partial charge is 0.296 e. The van der Waals surface area contributed by atoms with Gasteiger partial charge in [-0.1, -0.05) is 13.8 Å². The van der Waals surface area contributed by atoms with Crippen LogP contribution in [-0.4, -0.2) is 24.3 Å². The zero-order valence-electron chi connectivity index (χ0n) is 8.59. The van der Waals surface area contributed by atoms with Crippen molar-refractivity contribution < 1.29 is 4.84 Å². The summed E-state index contributed by atoms with van der Waals surface area (Å²) in [5, 5.41) is 1.94. The Kier molecular flexibility index (Phi) is 4.69. The van der Waals surface area contributed by atoms with Crippen molar-refractivity contribution in [3.8, 4) is 0 Å². The van der Waals surface area contributed by atoms with Crippen LogP contribution < -0.4 is 0 Å². The van der Waals surface area contributed by atoms with E-state index in [-0.39, 0.29) is 6.10 Å². The van der Waals surface area contributed by atoms with Crippen molar-refractivity contribution in [3.05, 3.63) is 0 Å². The van der Waals surface area contributed by atoms with E-state index in [0.717, 1.165) is 0 Å². The minimum absolute atomic E-state index is 0.279. The molecule has 0 radical (unpaired) electrons. The molecule has 0 spiro atoms. The molecule has 68 valence electrons. The number of rotatable bonds is 4. The molecule has 0 bridgehead atoms. The molecule has 2 nitrogen and oxygen atoms in total. The van der Waals surface area contributed by atoms with Gasteiger partial charge in [0.15, 0.2) is 0 Å². The van der Waals surface area contributed by atoms with Gasteiger partial charge in [-0.3, -0.25) is 4.84 Å². The summed E-state index contributed by atoms with van der Waals surface area (Å²) in [5.74, 6) is 0.638. The van der Waals surface area contributed by atoms with Crippen LogP contribution in [0.4, 0.5) is 0 Å². The van der Waals surface area contributed by atoms with Crippen LogP contribution in [0.1, 0.15) is 34.6 Å². The molecular weight excluding hydrogens is 138 g/mol. The van der Waals surface area contributed by atoms with Crippen molar-refractivity contribution in [1.82, 2.24) is 5.06 Å². The molecule has 1 unspecified atom stereocenters. The molecule has 0 rings (SSSR count). The summed E-state index contributed by atoms with van der Waals surface area (Å²) in [6.45, 7) is 10.7. The van der Waals surface area contributed by atoms with Crippen LogP contribution in [0.2, 0.25) is 0 Å². The van der Waals surface area contributed by atoms with Crippen LogP contribution in [0.15, 0.2) is 0 Å². The molecule has 0 amide bonds. The monoisotopic (exact) mass is 159 g/mol.